The van der Waals surface area contributed by atoms with Crippen LogP contribution in [-0.2, 0) is 19.5 Å². The SMILES string of the molecule is Cc1ccccc1-c1noc(Cn2c(=O)n(CCc3ccccc3)c(=O)c3ccccc32)n1. The summed E-state index contributed by atoms with van der Waals surface area (Å²) in [6.07, 6.45) is 0.576. The molecule has 0 bridgehead atoms. The van der Waals surface area contributed by atoms with Gasteiger partial charge in [-0.1, -0.05) is 71.9 Å². The number of para-hydroxylation sites is 1. The first-order valence-corrected chi connectivity index (χ1v) is 10.8. The number of rotatable bonds is 6. The molecule has 5 aromatic rings. The summed E-state index contributed by atoms with van der Waals surface area (Å²) in [4.78, 5) is 31.0. The highest BCUT2D eigenvalue weighted by molar-refractivity contribution is 5.77. The maximum Gasteiger partial charge on any atom is 0.331 e. The Bertz CT molecular complexity index is 1550. The molecule has 0 fully saturated rings. The molecular formula is C26H22N4O3. The van der Waals surface area contributed by atoms with E-state index in [1.807, 2.05) is 61.5 Å². The molecule has 0 aliphatic rings. The first-order chi connectivity index (χ1) is 16.1. The molecule has 2 aromatic heterocycles. The van der Waals surface area contributed by atoms with Crippen LogP contribution in [0.3, 0.4) is 0 Å². The van der Waals surface area contributed by atoms with Crippen LogP contribution in [0.25, 0.3) is 22.3 Å². The van der Waals surface area contributed by atoms with Crippen LogP contribution in [0.4, 0.5) is 0 Å². The van der Waals surface area contributed by atoms with Crippen molar-refractivity contribution in [1.29, 1.82) is 0 Å². The van der Waals surface area contributed by atoms with Crippen molar-refractivity contribution in [2.24, 2.45) is 0 Å². The molecule has 7 nitrogen and oxygen atoms in total. The van der Waals surface area contributed by atoms with Crippen LogP contribution in [0.15, 0.2) is 93.0 Å². The fraction of sp³-hybridized carbons (Fsp3) is 0.154. The van der Waals surface area contributed by atoms with E-state index in [2.05, 4.69) is 10.1 Å². The maximum atomic E-state index is 13.4. The monoisotopic (exact) mass is 438 g/mol. The van der Waals surface area contributed by atoms with E-state index in [0.29, 0.717) is 29.0 Å². The zero-order valence-corrected chi connectivity index (χ0v) is 18.1. The molecule has 2 heterocycles. The Morgan fingerprint density at radius 3 is 2.39 bits per heavy atom. The fourth-order valence-electron chi connectivity index (χ4n) is 3.99. The molecule has 0 unspecified atom stereocenters. The third-order valence-corrected chi connectivity index (χ3v) is 5.75. The first-order valence-electron chi connectivity index (χ1n) is 10.8. The normalized spacial score (nSPS) is 11.2. The van der Waals surface area contributed by atoms with Gasteiger partial charge < -0.3 is 4.52 Å². The first kappa shape index (κ1) is 20.6. The molecule has 0 saturated heterocycles. The maximum absolute atomic E-state index is 13.4. The van der Waals surface area contributed by atoms with Crippen LogP contribution in [-0.4, -0.2) is 19.3 Å². The van der Waals surface area contributed by atoms with E-state index in [4.69, 9.17) is 4.52 Å². The van der Waals surface area contributed by atoms with Crippen molar-refractivity contribution in [2.45, 2.75) is 26.4 Å². The lowest BCUT2D eigenvalue weighted by molar-refractivity contribution is 0.369. The zero-order valence-electron chi connectivity index (χ0n) is 18.1. The Labute approximate surface area is 189 Å². The summed E-state index contributed by atoms with van der Waals surface area (Å²) in [6.45, 7) is 2.33. The van der Waals surface area contributed by atoms with Gasteiger partial charge in [-0.3, -0.25) is 13.9 Å². The van der Waals surface area contributed by atoms with Gasteiger partial charge in [0.05, 0.1) is 10.9 Å². The predicted octanol–water partition coefficient (Wildman–Crippen LogP) is 3.81. The molecule has 0 aliphatic heterocycles. The molecule has 5 rings (SSSR count). The minimum Gasteiger partial charge on any atom is -0.337 e. The van der Waals surface area contributed by atoms with Gasteiger partial charge in [-0.15, -0.1) is 0 Å². The van der Waals surface area contributed by atoms with E-state index < -0.39 is 5.69 Å². The summed E-state index contributed by atoms with van der Waals surface area (Å²) in [7, 11) is 0. The minimum atomic E-state index is -0.398. The second-order valence-corrected chi connectivity index (χ2v) is 7.90. The lowest BCUT2D eigenvalue weighted by Gasteiger charge is -2.12. The number of nitrogens with zero attached hydrogens (tertiary/aromatic N) is 4. The molecule has 0 radical (unpaired) electrons. The largest absolute Gasteiger partial charge is 0.337 e. The van der Waals surface area contributed by atoms with E-state index >= 15 is 0 Å². The molecule has 3 aromatic carbocycles. The highest BCUT2D eigenvalue weighted by atomic mass is 16.5. The van der Waals surface area contributed by atoms with Crippen molar-refractivity contribution in [3.63, 3.8) is 0 Å². The third-order valence-electron chi connectivity index (χ3n) is 5.75. The molecule has 0 amide bonds. The van der Waals surface area contributed by atoms with Crippen LogP contribution in [0.2, 0.25) is 0 Å². The van der Waals surface area contributed by atoms with Crippen LogP contribution in [0.1, 0.15) is 17.0 Å². The van der Waals surface area contributed by atoms with Crippen molar-refractivity contribution >= 4 is 10.9 Å². The standard InChI is InChI=1S/C26H22N4O3/c1-18-9-5-6-12-20(18)24-27-23(33-28-24)17-30-22-14-8-7-13-21(22)25(31)29(26(30)32)16-15-19-10-3-2-4-11-19/h2-14H,15-17H2,1H3. The van der Waals surface area contributed by atoms with Gasteiger partial charge >= 0.3 is 5.69 Å². The Morgan fingerprint density at radius 1 is 0.848 bits per heavy atom. The molecule has 33 heavy (non-hydrogen) atoms. The van der Waals surface area contributed by atoms with Crippen molar-refractivity contribution in [1.82, 2.24) is 19.3 Å². The summed E-state index contributed by atoms with van der Waals surface area (Å²) < 4.78 is 8.28. The van der Waals surface area contributed by atoms with E-state index in [9.17, 15) is 9.59 Å². The van der Waals surface area contributed by atoms with Crippen molar-refractivity contribution < 1.29 is 4.52 Å². The summed E-state index contributed by atoms with van der Waals surface area (Å²) >= 11 is 0. The van der Waals surface area contributed by atoms with Gasteiger partial charge in [0.1, 0.15) is 6.54 Å². The number of fused-ring (bicyclic) bond motifs is 1. The van der Waals surface area contributed by atoms with Gasteiger partial charge in [0, 0.05) is 12.1 Å². The Balaban J connectivity index is 1.55. The second-order valence-electron chi connectivity index (χ2n) is 7.90. The van der Waals surface area contributed by atoms with Crippen molar-refractivity contribution in [3.8, 4) is 11.4 Å². The zero-order chi connectivity index (χ0) is 22.8. The molecule has 0 aliphatic carbocycles. The highest BCUT2D eigenvalue weighted by Gasteiger charge is 2.17. The number of hydrogen-bond donors (Lipinski definition) is 0. The van der Waals surface area contributed by atoms with Crippen LogP contribution in [0.5, 0.6) is 0 Å². The Kier molecular flexibility index (Phi) is 5.44. The highest BCUT2D eigenvalue weighted by Crippen LogP contribution is 2.20. The van der Waals surface area contributed by atoms with Gasteiger partial charge in [-0.05, 0) is 36.6 Å². The second kappa shape index (κ2) is 8.70. The van der Waals surface area contributed by atoms with E-state index in [-0.39, 0.29) is 18.6 Å². The third kappa shape index (κ3) is 4.01. The van der Waals surface area contributed by atoms with Gasteiger partial charge in [0.25, 0.3) is 5.56 Å². The lowest BCUT2D eigenvalue weighted by Crippen LogP contribution is -2.40. The lowest BCUT2D eigenvalue weighted by atomic mass is 10.1. The summed E-state index contributed by atoms with van der Waals surface area (Å²) in [5.74, 6) is 0.770. The number of benzene rings is 3. The molecule has 0 atom stereocenters. The van der Waals surface area contributed by atoms with Crippen LogP contribution in [0, 0.1) is 6.92 Å². The summed E-state index contributed by atoms with van der Waals surface area (Å²) in [5.41, 5.74) is 2.81. The molecular weight excluding hydrogens is 416 g/mol. The van der Waals surface area contributed by atoms with E-state index in [0.717, 1.165) is 16.7 Å². The van der Waals surface area contributed by atoms with Crippen LogP contribution >= 0.6 is 0 Å². The topological polar surface area (TPSA) is 82.9 Å². The van der Waals surface area contributed by atoms with Gasteiger partial charge in [0.15, 0.2) is 0 Å². The van der Waals surface area contributed by atoms with Gasteiger partial charge in [-0.25, -0.2) is 4.79 Å². The molecule has 0 spiro atoms. The predicted molar refractivity (Wildman–Crippen MR) is 126 cm³/mol. The molecule has 0 saturated carbocycles. The minimum absolute atomic E-state index is 0.0733. The summed E-state index contributed by atoms with van der Waals surface area (Å²) in [6, 6.07) is 24.7. The smallest absolute Gasteiger partial charge is 0.331 e. The summed E-state index contributed by atoms with van der Waals surface area (Å²) in [5, 5.41) is 4.57. The molecule has 164 valence electrons. The molecule has 7 heteroatoms. The van der Waals surface area contributed by atoms with Crippen molar-refractivity contribution in [2.75, 3.05) is 0 Å². The average Bonchev–Trinajstić information content (AvgIpc) is 3.31. The van der Waals surface area contributed by atoms with Crippen molar-refractivity contribution in [3.05, 3.63) is 117 Å². The Morgan fingerprint density at radius 2 is 1.58 bits per heavy atom. The average molecular weight is 438 g/mol. The molecule has 0 N–H and O–H groups in total. The van der Waals surface area contributed by atoms with E-state index in [1.54, 1.807) is 24.3 Å². The van der Waals surface area contributed by atoms with E-state index in [1.165, 1.54) is 9.13 Å². The van der Waals surface area contributed by atoms with Gasteiger partial charge in [0.2, 0.25) is 11.7 Å². The quantitative estimate of drug-likeness (QED) is 0.403. The number of hydrogen-bond acceptors (Lipinski definition) is 5. The number of aromatic nitrogens is 4. The Hall–Kier alpha value is -4.26. The van der Waals surface area contributed by atoms with Gasteiger partial charge in [-0.2, -0.15) is 4.98 Å². The fourth-order valence-corrected chi connectivity index (χ4v) is 3.99. The number of aryl methyl sites for hydroxylation is 2. The van der Waals surface area contributed by atoms with Crippen LogP contribution < -0.4 is 11.2 Å².